The van der Waals surface area contributed by atoms with Crippen LogP contribution in [0.25, 0.3) is 0 Å². The van der Waals surface area contributed by atoms with Crippen molar-refractivity contribution in [2.45, 2.75) is 17.9 Å². The smallest absolute Gasteiger partial charge is 0.265 e. The quantitative estimate of drug-likeness (QED) is 0.590. The first-order valence-electron chi connectivity index (χ1n) is 9.25. The van der Waals surface area contributed by atoms with Crippen molar-refractivity contribution in [1.29, 1.82) is 0 Å². The van der Waals surface area contributed by atoms with Crippen LogP contribution >= 0.6 is 0 Å². The predicted octanol–water partition coefficient (Wildman–Crippen LogP) is 4.20. The lowest BCUT2D eigenvalue weighted by molar-refractivity contribution is -0.122. The molecule has 0 fully saturated rings. The van der Waals surface area contributed by atoms with Gasteiger partial charge in [-0.15, -0.1) is 0 Å². The number of para-hydroxylation sites is 1. The number of hydrogen-bond acceptors (Lipinski definition) is 4. The van der Waals surface area contributed by atoms with Crippen molar-refractivity contribution in [3.05, 3.63) is 84.4 Å². The van der Waals surface area contributed by atoms with Crippen LogP contribution in [-0.4, -0.2) is 27.5 Å². The van der Waals surface area contributed by atoms with Crippen molar-refractivity contribution in [2.75, 3.05) is 16.7 Å². The molecule has 3 aromatic carbocycles. The average molecular weight is 446 g/mol. The van der Waals surface area contributed by atoms with Crippen molar-refractivity contribution >= 4 is 27.3 Å². The first kappa shape index (κ1) is 22.2. The van der Waals surface area contributed by atoms with Crippen LogP contribution in [0.5, 0.6) is 5.75 Å². The Bertz CT molecular complexity index is 1190. The molecule has 0 bridgehead atoms. The molecule has 0 aliphatic rings. The molecule has 0 radical (unpaired) electrons. The zero-order chi connectivity index (χ0) is 22.6. The number of nitrogens with one attached hydrogen (secondary N) is 1. The Morgan fingerprint density at radius 3 is 2.35 bits per heavy atom. The van der Waals surface area contributed by atoms with Crippen LogP contribution in [0, 0.1) is 11.6 Å². The van der Waals surface area contributed by atoms with Crippen LogP contribution in [0.15, 0.2) is 77.7 Å². The van der Waals surface area contributed by atoms with Gasteiger partial charge in [-0.2, -0.15) is 0 Å². The van der Waals surface area contributed by atoms with Crippen molar-refractivity contribution in [2.24, 2.45) is 0 Å². The summed E-state index contributed by atoms with van der Waals surface area (Å²) in [4.78, 5) is 12.4. The van der Waals surface area contributed by atoms with E-state index in [2.05, 4.69) is 5.32 Å². The molecule has 0 saturated heterocycles. The molecule has 162 valence electrons. The molecule has 0 heterocycles. The maximum absolute atomic E-state index is 13.3. The highest BCUT2D eigenvalue weighted by molar-refractivity contribution is 7.92. The summed E-state index contributed by atoms with van der Waals surface area (Å²) in [6.45, 7) is 1.43. The summed E-state index contributed by atoms with van der Waals surface area (Å²) < 4.78 is 58.7. The zero-order valence-electron chi connectivity index (χ0n) is 16.7. The van der Waals surface area contributed by atoms with Gasteiger partial charge in [0.15, 0.2) is 17.7 Å². The number of benzene rings is 3. The summed E-state index contributed by atoms with van der Waals surface area (Å²) in [6, 6.07) is 17.3. The van der Waals surface area contributed by atoms with Crippen molar-refractivity contribution in [1.82, 2.24) is 0 Å². The van der Waals surface area contributed by atoms with Crippen LogP contribution in [0.1, 0.15) is 6.92 Å². The first-order chi connectivity index (χ1) is 14.7. The number of sulfonamides is 1. The van der Waals surface area contributed by atoms with Gasteiger partial charge in [0.05, 0.1) is 10.6 Å². The standard InChI is InChI=1S/C22H20F2N2O4S/c1-15(30-18-11-12-20(23)21(24)14-18)22(27)25-16-7-6-10-19(13-16)31(28,29)26(2)17-8-4-3-5-9-17/h3-15H,1-2H3,(H,25,27). The third-order valence-electron chi connectivity index (χ3n) is 4.45. The molecular formula is C22H20F2N2O4S. The molecule has 0 saturated carbocycles. The topological polar surface area (TPSA) is 75.7 Å². The minimum Gasteiger partial charge on any atom is -0.481 e. The Morgan fingerprint density at radius 2 is 1.68 bits per heavy atom. The van der Waals surface area contributed by atoms with Crippen LogP contribution in [0.2, 0.25) is 0 Å². The molecule has 0 aliphatic carbocycles. The molecule has 3 rings (SSSR count). The zero-order valence-corrected chi connectivity index (χ0v) is 17.6. The van der Waals surface area contributed by atoms with Crippen LogP contribution in [0.4, 0.5) is 20.2 Å². The third-order valence-corrected chi connectivity index (χ3v) is 6.23. The third kappa shape index (κ3) is 5.18. The highest BCUT2D eigenvalue weighted by atomic mass is 32.2. The second kappa shape index (κ2) is 9.13. The molecule has 0 aliphatic heterocycles. The van der Waals surface area contributed by atoms with Gasteiger partial charge in [-0.3, -0.25) is 9.10 Å². The molecule has 0 spiro atoms. The van der Waals surface area contributed by atoms with Gasteiger partial charge in [-0.1, -0.05) is 24.3 Å². The Morgan fingerprint density at radius 1 is 0.968 bits per heavy atom. The van der Waals surface area contributed by atoms with Crippen molar-refractivity contribution in [3.63, 3.8) is 0 Å². The van der Waals surface area contributed by atoms with E-state index in [0.29, 0.717) is 5.69 Å². The maximum Gasteiger partial charge on any atom is 0.265 e. The molecular weight excluding hydrogens is 426 g/mol. The van der Waals surface area contributed by atoms with E-state index in [1.807, 2.05) is 0 Å². The number of nitrogens with zero attached hydrogens (tertiary/aromatic N) is 1. The number of rotatable bonds is 7. The van der Waals surface area contributed by atoms with E-state index in [4.69, 9.17) is 4.74 Å². The lowest BCUT2D eigenvalue weighted by atomic mass is 10.3. The molecule has 3 aromatic rings. The van der Waals surface area contributed by atoms with E-state index >= 15 is 0 Å². The number of hydrogen-bond donors (Lipinski definition) is 1. The number of ether oxygens (including phenoxy) is 1. The Kier molecular flexibility index (Phi) is 6.55. The van der Waals surface area contributed by atoms with Gasteiger partial charge in [-0.05, 0) is 49.4 Å². The van der Waals surface area contributed by atoms with Gasteiger partial charge < -0.3 is 10.1 Å². The predicted molar refractivity (Wildman–Crippen MR) is 114 cm³/mol. The summed E-state index contributed by atoms with van der Waals surface area (Å²) in [5.41, 5.74) is 0.735. The number of halogens is 2. The van der Waals surface area contributed by atoms with E-state index in [0.717, 1.165) is 16.4 Å². The van der Waals surface area contributed by atoms with Crippen molar-refractivity contribution < 1.29 is 26.7 Å². The van der Waals surface area contributed by atoms with Crippen LogP contribution < -0.4 is 14.4 Å². The second-order valence-electron chi connectivity index (χ2n) is 6.66. The van der Waals surface area contributed by atoms with Gasteiger partial charge in [0, 0.05) is 18.8 Å². The molecule has 1 N–H and O–H groups in total. The summed E-state index contributed by atoms with van der Waals surface area (Å²) in [7, 11) is -2.42. The Labute approximate surface area is 179 Å². The average Bonchev–Trinajstić information content (AvgIpc) is 2.76. The summed E-state index contributed by atoms with van der Waals surface area (Å²) in [6.07, 6.45) is -1.04. The van der Waals surface area contributed by atoms with Gasteiger partial charge in [0.25, 0.3) is 15.9 Å². The normalized spacial score (nSPS) is 12.1. The van der Waals surface area contributed by atoms with E-state index < -0.39 is 33.7 Å². The van der Waals surface area contributed by atoms with E-state index in [9.17, 15) is 22.0 Å². The van der Waals surface area contributed by atoms with E-state index in [1.165, 1.54) is 44.3 Å². The SMILES string of the molecule is CC(Oc1ccc(F)c(F)c1)C(=O)Nc1cccc(S(=O)(=O)N(C)c2ccccc2)c1. The number of carbonyl (C=O) groups is 1. The number of carbonyl (C=O) groups excluding carboxylic acids is 1. The molecule has 1 unspecified atom stereocenters. The second-order valence-corrected chi connectivity index (χ2v) is 8.63. The first-order valence-corrected chi connectivity index (χ1v) is 10.7. The van der Waals surface area contributed by atoms with Gasteiger partial charge in [0.1, 0.15) is 5.75 Å². The fraction of sp³-hybridized carbons (Fsp3) is 0.136. The molecule has 1 amide bonds. The minimum absolute atomic E-state index is 0.00849. The monoisotopic (exact) mass is 446 g/mol. The number of anilines is 2. The maximum atomic E-state index is 13.3. The molecule has 1 atom stereocenters. The lowest BCUT2D eigenvalue weighted by Gasteiger charge is -2.20. The van der Waals surface area contributed by atoms with E-state index in [-0.39, 0.29) is 16.3 Å². The highest BCUT2D eigenvalue weighted by Crippen LogP contribution is 2.24. The summed E-state index contributed by atoms with van der Waals surface area (Å²) in [5.74, 6) is -2.72. The Balaban J connectivity index is 1.73. The largest absolute Gasteiger partial charge is 0.481 e. The summed E-state index contributed by atoms with van der Waals surface area (Å²) in [5, 5.41) is 2.56. The Hall–Kier alpha value is -3.46. The fourth-order valence-corrected chi connectivity index (χ4v) is 3.96. The van der Waals surface area contributed by atoms with Crippen LogP contribution in [0.3, 0.4) is 0 Å². The molecule has 31 heavy (non-hydrogen) atoms. The molecule has 6 nitrogen and oxygen atoms in total. The highest BCUT2D eigenvalue weighted by Gasteiger charge is 2.22. The van der Waals surface area contributed by atoms with Gasteiger partial charge >= 0.3 is 0 Å². The van der Waals surface area contributed by atoms with Crippen LogP contribution in [-0.2, 0) is 14.8 Å². The van der Waals surface area contributed by atoms with Crippen molar-refractivity contribution in [3.8, 4) is 5.75 Å². The fourth-order valence-electron chi connectivity index (χ4n) is 2.72. The minimum atomic E-state index is -3.85. The van der Waals surface area contributed by atoms with E-state index in [1.54, 1.807) is 30.3 Å². The molecule has 0 aromatic heterocycles. The van der Waals surface area contributed by atoms with Gasteiger partial charge in [-0.25, -0.2) is 17.2 Å². The summed E-state index contributed by atoms with van der Waals surface area (Å²) >= 11 is 0. The number of amides is 1. The van der Waals surface area contributed by atoms with Gasteiger partial charge in [0.2, 0.25) is 0 Å². The molecule has 9 heteroatoms. The lowest BCUT2D eigenvalue weighted by Crippen LogP contribution is -2.30.